The van der Waals surface area contributed by atoms with E-state index in [1.165, 1.54) is 17.0 Å². The Balaban J connectivity index is 1.85. The Labute approximate surface area is 187 Å². The van der Waals surface area contributed by atoms with Gasteiger partial charge in [0.25, 0.3) is 5.91 Å². The predicted octanol–water partition coefficient (Wildman–Crippen LogP) is 3.90. The van der Waals surface area contributed by atoms with Crippen LogP contribution < -0.4 is 10.1 Å². The molecule has 0 saturated heterocycles. The normalized spacial score (nSPS) is 11.5. The van der Waals surface area contributed by atoms with Crippen molar-refractivity contribution < 1.29 is 18.7 Å². The van der Waals surface area contributed by atoms with E-state index in [2.05, 4.69) is 5.32 Å². The van der Waals surface area contributed by atoms with Crippen LogP contribution in [0.4, 0.5) is 4.39 Å². The zero-order valence-corrected chi connectivity index (χ0v) is 18.3. The largest absolute Gasteiger partial charge is 0.484 e. The predicted molar refractivity (Wildman–Crippen MR) is 122 cm³/mol. The number of benzene rings is 3. The fourth-order valence-corrected chi connectivity index (χ4v) is 3.37. The third-order valence-electron chi connectivity index (χ3n) is 5.17. The molecule has 0 spiro atoms. The van der Waals surface area contributed by atoms with Crippen molar-refractivity contribution in [1.82, 2.24) is 10.2 Å². The zero-order valence-electron chi connectivity index (χ0n) is 18.3. The summed E-state index contributed by atoms with van der Waals surface area (Å²) in [4.78, 5) is 27.6. The van der Waals surface area contributed by atoms with Crippen molar-refractivity contribution in [2.75, 3.05) is 13.7 Å². The van der Waals surface area contributed by atoms with Crippen molar-refractivity contribution >= 4 is 11.8 Å². The minimum Gasteiger partial charge on any atom is -0.484 e. The molecular weight excluding hydrogens is 407 g/mol. The summed E-state index contributed by atoms with van der Waals surface area (Å²) in [7, 11) is 1.55. The summed E-state index contributed by atoms with van der Waals surface area (Å²) in [5.74, 6) is -0.397. The third-order valence-corrected chi connectivity index (χ3v) is 5.17. The Bertz CT molecular complexity index is 1020. The monoisotopic (exact) mass is 434 g/mol. The second-order valence-electron chi connectivity index (χ2n) is 7.57. The molecule has 0 unspecified atom stereocenters. The van der Waals surface area contributed by atoms with E-state index in [9.17, 15) is 14.0 Å². The molecular formula is C26H27FN2O3. The van der Waals surface area contributed by atoms with Crippen LogP contribution >= 0.6 is 0 Å². The summed E-state index contributed by atoms with van der Waals surface area (Å²) >= 11 is 0. The molecule has 5 nitrogen and oxygen atoms in total. The third kappa shape index (κ3) is 6.41. The lowest BCUT2D eigenvalue weighted by atomic mass is 10.0. The van der Waals surface area contributed by atoms with Gasteiger partial charge in [-0.05, 0) is 42.3 Å². The zero-order chi connectivity index (χ0) is 22.9. The molecule has 3 aromatic carbocycles. The highest BCUT2D eigenvalue weighted by Crippen LogP contribution is 2.17. The van der Waals surface area contributed by atoms with Crippen LogP contribution in [0.2, 0.25) is 0 Å². The number of likely N-dealkylation sites (N-methyl/N-ethyl adjacent to an activating group) is 1. The quantitative estimate of drug-likeness (QED) is 0.556. The molecule has 0 aliphatic carbocycles. The first-order valence-corrected chi connectivity index (χ1v) is 10.4. The number of halogens is 1. The van der Waals surface area contributed by atoms with E-state index in [-0.39, 0.29) is 30.8 Å². The molecule has 0 heterocycles. The van der Waals surface area contributed by atoms with Gasteiger partial charge < -0.3 is 15.0 Å². The van der Waals surface area contributed by atoms with Gasteiger partial charge in [-0.25, -0.2) is 4.39 Å². The van der Waals surface area contributed by atoms with Gasteiger partial charge in [-0.1, -0.05) is 60.2 Å². The number of aryl methyl sites for hydroxylation is 1. The number of amides is 2. The summed E-state index contributed by atoms with van der Waals surface area (Å²) in [5.41, 5.74) is 2.73. The number of hydrogen-bond donors (Lipinski definition) is 1. The second-order valence-corrected chi connectivity index (χ2v) is 7.57. The van der Waals surface area contributed by atoms with Crippen molar-refractivity contribution in [3.63, 3.8) is 0 Å². The van der Waals surface area contributed by atoms with Crippen molar-refractivity contribution in [2.45, 2.75) is 25.9 Å². The molecule has 0 aliphatic rings. The van der Waals surface area contributed by atoms with E-state index < -0.39 is 6.04 Å². The van der Waals surface area contributed by atoms with E-state index in [1.807, 2.05) is 49.4 Å². The van der Waals surface area contributed by atoms with Crippen LogP contribution in [0.25, 0.3) is 0 Å². The van der Waals surface area contributed by atoms with Crippen LogP contribution in [-0.4, -0.2) is 36.4 Å². The number of carbonyl (C=O) groups is 2. The smallest absolute Gasteiger partial charge is 0.261 e. The van der Waals surface area contributed by atoms with Gasteiger partial charge in [0.1, 0.15) is 17.6 Å². The molecule has 0 fully saturated rings. The average Bonchev–Trinajstić information content (AvgIpc) is 2.82. The van der Waals surface area contributed by atoms with Gasteiger partial charge in [-0.15, -0.1) is 0 Å². The summed E-state index contributed by atoms with van der Waals surface area (Å²) in [6, 6.07) is 22.1. The van der Waals surface area contributed by atoms with Crippen LogP contribution in [-0.2, 0) is 22.6 Å². The Morgan fingerprint density at radius 3 is 2.22 bits per heavy atom. The average molecular weight is 435 g/mol. The Morgan fingerprint density at radius 1 is 0.938 bits per heavy atom. The maximum absolute atomic E-state index is 13.4. The summed E-state index contributed by atoms with van der Waals surface area (Å²) in [6.45, 7) is 1.91. The summed E-state index contributed by atoms with van der Waals surface area (Å²) in [5, 5.41) is 2.66. The SMILES string of the molecule is CNC(=O)[C@@H](Cc1ccccc1)N(Cc1ccc(F)cc1)C(=O)COc1ccc(C)cc1. The van der Waals surface area contributed by atoms with Crippen LogP contribution in [0, 0.1) is 12.7 Å². The second kappa shape index (κ2) is 11.1. The Kier molecular flexibility index (Phi) is 7.97. The standard InChI is InChI=1S/C26H27FN2O3/c1-19-8-14-23(15-9-19)32-18-25(30)29(17-21-10-12-22(27)13-11-21)24(26(31)28-2)16-20-6-4-3-5-7-20/h3-15,24H,16-18H2,1-2H3,(H,28,31)/t24-/m1/s1. The van der Waals surface area contributed by atoms with Gasteiger partial charge in [-0.2, -0.15) is 0 Å². The highest BCUT2D eigenvalue weighted by atomic mass is 19.1. The molecule has 0 bridgehead atoms. The van der Waals surface area contributed by atoms with E-state index in [1.54, 1.807) is 31.3 Å². The Hall–Kier alpha value is -3.67. The highest BCUT2D eigenvalue weighted by molar-refractivity contribution is 5.88. The van der Waals surface area contributed by atoms with Gasteiger partial charge in [0.2, 0.25) is 5.91 Å². The number of ether oxygens (including phenoxy) is 1. The molecule has 3 aromatic rings. The molecule has 166 valence electrons. The fraction of sp³-hybridized carbons (Fsp3) is 0.231. The van der Waals surface area contributed by atoms with Crippen molar-refractivity contribution in [3.05, 3.63) is 101 Å². The van der Waals surface area contributed by atoms with Gasteiger partial charge in [0.15, 0.2) is 6.61 Å². The molecule has 32 heavy (non-hydrogen) atoms. The molecule has 1 atom stereocenters. The molecule has 1 N–H and O–H groups in total. The van der Waals surface area contributed by atoms with Crippen molar-refractivity contribution in [3.8, 4) is 5.75 Å². The highest BCUT2D eigenvalue weighted by Gasteiger charge is 2.30. The molecule has 0 radical (unpaired) electrons. The minimum atomic E-state index is -0.749. The van der Waals surface area contributed by atoms with Crippen LogP contribution in [0.5, 0.6) is 5.75 Å². The number of nitrogens with one attached hydrogen (secondary N) is 1. The lowest BCUT2D eigenvalue weighted by Gasteiger charge is -2.31. The Morgan fingerprint density at radius 2 is 1.59 bits per heavy atom. The molecule has 0 saturated carbocycles. The molecule has 0 aromatic heterocycles. The molecule has 0 aliphatic heterocycles. The topological polar surface area (TPSA) is 58.6 Å². The van der Waals surface area contributed by atoms with Crippen LogP contribution in [0.1, 0.15) is 16.7 Å². The maximum Gasteiger partial charge on any atom is 0.261 e. The first-order valence-electron chi connectivity index (χ1n) is 10.4. The molecule has 6 heteroatoms. The van der Waals surface area contributed by atoms with Crippen LogP contribution in [0.15, 0.2) is 78.9 Å². The van der Waals surface area contributed by atoms with Gasteiger partial charge >= 0.3 is 0 Å². The number of carbonyl (C=O) groups excluding carboxylic acids is 2. The van der Waals surface area contributed by atoms with E-state index in [4.69, 9.17) is 4.74 Å². The first kappa shape index (κ1) is 23.0. The molecule has 3 rings (SSSR count). The maximum atomic E-state index is 13.4. The van der Waals surface area contributed by atoms with E-state index in [0.29, 0.717) is 12.2 Å². The van der Waals surface area contributed by atoms with Crippen molar-refractivity contribution in [1.29, 1.82) is 0 Å². The lowest BCUT2D eigenvalue weighted by molar-refractivity contribution is -0.142. The lowest BCUT2D eigenvalue weighted by Crippen LogP contribution is -2.51. The van der Waals surface area contributed by atoms with E-state index >= 15 is 0 Å². The summed E-state index contributed by atoms with van der Waals surface area (Å²) in [6.07, 6.45) is 0.345. The summed E-state index contributed by atoms with van der Waals surface area (Å²) < 4.78 is 19.1. The number of rotatable bonds is 9. The van der Waals surface area contributed by atoms with Gasteiger partial charge in [-0.3, -0.25) is 9.59 Å². The van der Waals surface area contributed by atoms with Gasteiger partial charge in [0.05, 0.1) is 0 Å². The minimum absolute atomic E-state index is 0.154. The van der Waals surface area contributed by atoms with Crippen LogP contribution in [0.3, 0.4) is 0 Å². The van der Waals surface area contributed by atoms with Gasteiger partial charge in [0, 0.05) is 20.0 Å². The first-order chi connectivity index (χ1) is 15.5. The number of hydrogen-bond acceptors (Lipinski definition) is 3. The molecule has 2 amide bonds. The van der Waals surface area contributed by atoms with E-state index in [0.717, 1.165) is 16.7 Å². The van der Waals surface area contributed by atoms with Crippen molar-refractivity contribution in [2.24, 2.45) is 0 Å². The fourth-order valence-electron chi connectivity index (χ4n) is 3.37. The number of nitrogens with zero attached hydrogens (tertiary/aromatic N) is 1.